The summed E-state index contributed by atoms with van der Waals surface area (Å²) < 4.78 is 31.6. The molecule has 0 saturated heterocycles. The number of hydrogen-bond donors (Lipinski definition) is 1. The first-order chi connectivity index (χ1) is 12.9. The van der Waals surface area contributed by atoms with Crippen LogP contribution in [-0.2, 0) is 16.0 Å². The van der Waals surface area contributed by atoms with E-state index in [0.29, 0.717) is 23.1 Å². The van der Waals surface area contributed by atoms with Crippen molar-refractivity contribution in [3.05, 3.63) is 69.6 Å². The number of thiophene rings is 1. The minimum Gasteiger partial charge on any atom is -0.451 e. The number of benzene rings is 2. The van der Waals surface area contributed by atoms with Crippen LogP contribution >= 0.6 is 22.9 Å². The Morgan fingerprint density at radius 1 is 1.07 bits per heavy atom. The number of hydrogen-bond acceptors (Lipinski definition) is 4. The molecule has 0 saturated carbocycles. The van der Waals surface area contributed by atoms with Crippen LogP contribution in [0.4, 0.5) is 8.78 Å². The van der Waals surface area contributed by atoms with E-state index in [0.717, 1.165) is 16.9 Å². The maximum Gasteiger partial charge on any atom is 0.350 e. The summed E-state index contributed by atoms with van der Waals surface area (Å²) in [4.78, 5) is 24.1. The van der Waals surface area contributed by atoms with Crippen LogP contribution in [0.2, 0.25) is 5.02 Å². The molecular formula is C19H14ClF2NO3S. The van der Waals surface area contributed by atoms with Gasteiger partial charge >= 0.3 is 5.97 Å². The van der Waals surface area contributed by atoms with Gasteiger partial charge in [0.25, 0.3) is 5.91 Å². The Balaban J connectivity index is 1.50. The second-order valence-corrected chi connectivity index (χ2v) is 7.12. The van der Waals surface area contributed by atoms with E-state index < -0.39 is 24.3 Å². The lowest BCUT2D eigenvalue weighted by atomic mass is 10.1. The number of halogens is 3. The van der Waals surface area contributed by atoms with Gasteiger partial charge in [-0.05, 0) is 42.3 Å². The number of rotatable bonds is 6. The van der Waals surface area contributed by atoms with Gasteiger partial charge in [0.2, 0.25) is 0 Å². The first-order valence-corrected chi connectivity index (χ1v) is 9.19. The third-order valence-electron chi connectivity index (χ3n) is 3.76. The molecule has 0 spiro atoms. The predicted octanol–water partition coefficient (Wildman–Crippen LogP) is 4.35. The summed E-state index contributed by atoms with van der Waals surface area (Å²) in [5.74, 6) is -1.96. The number of nitrogens with one attached hydrogen (secondary N) is 1. The standard InChI is InChI=1S/C19H14ClF2NO3S/c20-17-14-6-5-13(22)9-15(14)27-18(17)19(25)26-10-16(24)23-8-7-11-1-3-12(21)4-2-11/h1-6,9H,7-8,10H2,(H,23,24). The average Bonchev–Trinajstić information content (AvgIpc) is 2.97. The molecule has 140 valence electrons. The van der Waals surface area contributed by atoms with Crippen molar-refractivity contribution in [2.75, 3.05) is 13.2 Å². The zero-order valence-corrected chi connectivity index (χ0v) is 15.5. The van der Waals surface area contributed by atoms with Crippen LogP contribution < -0.4 is 5.32 Å². The van der Waals surface area contributed by atoms with Gasteiger partial charge in [0.05, 0.1) is 5.02 Å². The SMILES string of the molecule is O=C(COC(=O)c1sc2cc(F)ccc2c1Cl)NCCc1ccc(F)cc1. The number of amides is 1. The van der Waals surface area contributed by atoms with Crippen molar-refractivity contribution in [1.82, 2.24) is 5.32 Å². The fourth-order valence-electron chi connectivity index (χ4n) is 2.42. The molecule has 0 bridgehead atoms. The molecule has 0 radical (unpaired) electrons. The van der Waals surface area contributed by atoms with Crippen molar-refractivity contribution in [3.8, 4) is 0 Å². The normalized spacial score (nSPS) is 10.8. The maximum atomic E-state index is 13.3. The van der Waals surface area contributed by atoms with Crippen LogP contribution in [0, 0.1) is 11.6 Å². The van der Waals surface area contributed by atoms with Crippen molar-refractivity contribution in [1.29, 1.82) is 0 Å². The van der Waals surface area contributed by atoms with Crippen molar-refractivity contribution < 1.29 is 23.1 Å². The second-order valence-electron chi connectivity index (χ2n) is 5.69. The van der Waals surface area contributed by atoms with Crippen molar-refractivity contribution >= 4 is 44.9 Å². The minimum absolute atomic E-state index is 0.122. The van der Waals surface area contributed by atoms with Crippen LogP contribution in [0.3, 0.4) is 0 Å². The van der Waals surface area contributed by atoms with E-state index in [-0.39, 0.29) is 15.7 Å². The molecule has 1 aromatic heterocycles. The number of ether oxygens (including phenoxy) is 1. The molecule has 0 atom stereocenters. The molecule has 1 heterocycles. The fraction of sp³-hybridized carbons (Fsp3) is 0.158. The van der Waals surface area contributed by atoms with Crippen LogP contribution in [0.25, 0.3) is 10.1 Å². The molecule has 0 unspecified atom stereocenters. The third kappa shape index (κ3) is 4.81. The molecule has 3 rings (SSSR count). The van der Waals surface area contributed by atoms with Crippen LogP contribution in [0.15, 0.2) is 42.5 Å². The van der Waals surface area contributed by atoms with Gasteiger partial charge in [0, 0.05) is 16.6 Å². The van der Waals surface area contributed by atoms with Gasteiger partial charge < -0.3 is 10.1 Å². The zero-order chi connectivity index (χ0) is 19.4. The summed E-state index contributed by atoms with van der Waals surface area (Å²) in [5.41, 5.74) is 0.873. The first-order valence-electron chi connectivity index (χ1n) is 8.00. The monoisotopic (exact) mass is 409 g/mol. The summed E-state index contributed by atoms with van der Waals surface area (Å²) in [6.45, 7) is -0.133. The second kappa shape index (κ2) is 8.45. The Labute approximate surface area is 162 Å². The fourth-order valence-corrected chi connectivity index (χ4v) is 3.84. The third-order valence-corrected chi connectivity index (χ3v) is 5.40. The topological polar surface area (TPSA) is 55.4 Å². The van der Waals surface area contributed by atoms with Gasteiger partial charge in [-0.15, -0.1) is 11.3 Å². The molecule has 4 nitrogen and oxygen atoms in total. The van der Waals surface area contributed by atoms with Crippen molar-refractivity contribution in [2.45, 2.75) is 6.42 Å². The highest BCUT2D eigenvalue weighted by Crippen LogP contribution is 2.36. The van der Waals surface area contributed by atoms with E-state index in [9.17, 15) is 18.4 Å². The zero-order valence-electron chi connectivity index (χ0n) is 13.9. The van der Waals surface area contributed by atoms with Crippen LogP contribution in [0.5, 0.6) is 0 Å². The summed E-state index contributed by atoms with van der Waals surface area (Å²) in [7, 11) is 0. The molecule has 0 aliphatic heterocycles. The van der Waals surface area contributed by atoms with E-state index in [1.54, 1.807) is 12.1 Å². The number of esters is 1. The quantitative estimate of drug-likeness (QED) is 0.616. The van der Waals surface area contributed by atoms with E-state index in [2.05, 4.69) is 5.32 Å². The van der Waals surface area contributed by atoms with Crippen molar-refractivity contribution in [2.24, 2.45) is 0 Å². The van der Waals surface area contributed by atoms with Crippen LogP contribution in [0.1, 0.15) is 15.2 Å². The molecule has 27 heavy (non-hydrogen) atoms. The Kier molecular flexibility index (Phi) is 6.03. The lowest BCUT2D eigenvalue weighted by Crippen LogP contribution is -2.30. The van der Waals surface area contributed by atoms with Gasteiger partial charge in [0.15, 0.2) is 6.61 Å². The summed E-state index contributed by atoms with van der Waals surface area (Å²) in [6.07, 6.45) is 0.522. The molecule has 0 fully saturated rings. The number of carbonyl (C=O) groups excluding carboxylic acids is 2. The van der Waals surface area contributed by atoms with Gasteiger partial charge in [-0.3, -0.25) is 4.79 Å². The van der Waals surface area contributed by atoms with Gasteiger partial charge in [-0.2, -0.15) is 0 Å². The largest absolute Gasteiger partial charge is 0.451 e. The lowest BCUT2D eigenvalue weighted by Gasteiger charge is -2.06. The molecule has 1 amide bonds. The molecule has 8 heteroatoms. The Hall–Kier alpha value is -2.51. The molecular weight excluding hydrogens is 396 g/mol. The Bertz CT molecular complexity index is 989. The summed E-state index contributed by atoms with van der Waals surface area (Å²) in [6, 6.07) is 9.98. The molecule has 2 aromatic carbocycles. The summed E-state index contributed by atoms with van der Waals surface area (Å²) in [5, 5.41) is 3.34. The Morgan fingerprint density at radius 2 is 1.78 bits per heavy atom. The highest BCUT2D eigenvalue weighted by Gasteiger charge is 2.19. The molecule has 0 aliphatic carbocycles. The summed E-state index contributed by atoms with van der Waals surface area (Å²) >= 11 is 7.15. The maximum absolute atomic E-state index is 13.3. The molecule has 0 aliphatic rings. The highest BCUT2D eigenvalue weighted by atomic mass is 35.5. The van der Waals surface area contributed by atoms with Gasteiger partial charge in [-0.1, -0.05) is 23.7 Å². The molecule has 3 aromatic rings. The van der Waals surface area contributed by atoms with E-state index in [4.69, 9.17) is 16.3 Å². The van der Waals surface area contributed by atoms with E-state index in [1.165, 1.54) is 30.3 Å². The van der Waals surface area contributed by atoms with Gasteiger partial charge in [-0.25, -0.2) is 13.6 Å². The predicted molar refractivity (Wildman–Crippen MR) is 100 cm³/mol. The highest BCUT2D eigenvalue weighted by molar-refractivity contribution is 7.21. The lowest BCUT2D eigenvalue weighted by molar-refractivity contribution is -0.124. The Morgan fingerprint density at radius 3 is 2.52 bits per heavy atom. The van der Waals surface area contributed by atoms with E-state index in [1.807, 2.05) is 0 Å². The number of carbonyl (C=O) groups is 2. The smallest absolute Gasteiger partial charge is 0.350 e. The molecule has 1 N–H and O–H groups in total. The minimum atomic E-state index is -0.740. The van der Waals surface area contributed by atoms with Crippen molar-refractivity contribution in [3.63, 3.8) is 0 Å². The van der Waals surface area contributed by atoms with E-state index >= 15 is 0 Å². The number of fused-ring (bicyclic) bond motifs is 1. The first kappa shape index (κ1) is 19.3. The van der Waals surface area contributed by atoms with Gasteiger partial charge in [0.1, 0.15) is 16.5 Å². The average molecular weight is 410 g/mol. The van der Waals surface area contributed by atoms with Crippen LogP contribution in [-0.4, -0.2) is 25.0 Å².